The van der Waals surface area contributed by atoms with Gasteiger partial charge in [-0.1, -0.05) is 74.0 Å². The van der Waals surface area contributed by atoms with Crippen LogP contribution in [0.2, 0.25) is 0 Å². The molecule has 1 heterocycles. The van der Waals surface area contributed by atoms with Crippen LogP contribution in [0.1, 0.15) is 50.2 Å². The van der Waals surface area contributed by atoms with E-state index < -0.39 is 21.9 Å². The number of carbonyl (C=O) groups excluding carboxylic acids is 1. The van der Waals surface area contributed by atoms with Gasteiger partial charge in [0.15, 0.2) is 0 Å². The molecule has 0 unspecified atom stereocenters. The Morgan fingerprint density at radius 3 is 2.28 bits per heavy atom. The Balaban J connectivity index is 1.61. The summed E-state index contributed by atoms with van der Waals surface area (Å²) in [5.41, 5.74) is 3.75. The number of aromatic nitrogens is 1. The van der Waals surface area contributed by atoms with Crippen LogP contribution in [0.5, 0.6) is 0 Å². The maximum atomic E-state index is 13.1. The summed E-state index contributed by atoms with van der Waals surface area (Å²) in [6.45, 7) is 2.02. The summed E-state index contributed by atoms with van der Waals surface area (Å²) in [4.78, 5) is 24.4. The average molecular weight is 521 g/mol. The molecule has 36 heavy (non-hydrogen) atoms. The Morgan fingerprint density at radius 2 is 1.61 bits per heavy atom. The lowest BCUT2D eigenvalue weighted by Crippen LogP contribution is -2.30. The third-order valence-electron chi connectivity index (χ3n) is 5.64. The minimum absolute atomic E-state index is 0.0116. The summed E-state index contributed by atoms with van der Waals surface area (Å²) in [7, 11) is -4.14. The number of hydrogen-bond donors (Lipinski definition) is 2. The fraction of sp³-hybridized carbons (Fsp3) is 0.148. The van der Waals surface area contributed by atoms with Crippen LogP contribution >= 0.6 is 11.5 Å². The predicted molar refractivity (Wildman–Crippen MR) is 139 cm³/mol. The van der Waals surface area contributed by atoms with E-state index in [2.05, 4.69) is 9.10 Å². The van der Waals surface area contributed by atoms with Gasteiger partial charge in [0.25, 0.3) is 15.9 Å². The molecule has 9 heteroatoms. The van der Waals surface area contributed by atoms with E-state index in [0.717, 1.165) is 29.2 Å². The van der Waals surface area contributed by atoms with Crippen LogP contribution in [0.25, 0.3) is 11.1 Å². The summed E-state index contributed by atoms with van der Waals surface area (Å²) in [5.74, 6) is -1.69. The summed E-state index contributed by atoms with van der Waals surface area (Å²) < 4.78 is 32.7. The fourth-order valence-corrected chi connectivity index (χ4v) is 5.88. The second-order valence-corrected chi connectivity index (χ2v) is 10.6. The van der Waals surface area contributed by atoms with Gasteiger partial charge in [-0.2, -0.15) is 4.37 Å². The molecular weight excluding hydrogens is 496 g/mol. The van der Waals surface area contributed by atoms with Crippen LogP contribution in [0, 0.1) is 0 Å². The number of aryl methyl sites for hydroxylation is 1. The molecule has 0 saturated heterocycles. The van der Waals surface area contributed by atoms with Crippen molar-refractivity contribution in [2.75, 3.05) is 0 Å². The van der Waals surface area contributed by atoms with Crippen LogP contribution in [0.4, 0.5) is 0 Å². The Morgan fingerprint density at radius 1 is 0.944 bits per heavy atom. The first-order valence-electron chi connectivity index (χ1n) is 11.3. The van der Waals surface area contributed by atoms with Crippen molar-refractivity contribution >= 4 is 33.4 Å². The lowest BCUT2D eigenvalue weighted by atomic mass is 9.98. The van der Waals surface area contributed by atoms with E-state index in [1.807, 2.05) is 19.1 Å². The number of carbonyl (C=O) groups is 2. The monoisotopic (exact) mass is 520 g/mol. The summed E-state index contributed by atoms with van der Waals surface area (Å²) >= 11 is 1.00. The number of benzene rings is 3. The minimum atomic E-state index is -4.14. The van der Waals surface area contributed by atoms with E-state index in [-0.39, 0.29) is 15.3 Å². The van der Waals surface area contributed by atoms with Crippen LogP contribution < -0.4 is 4.72 Å². The smallest absolute Gasteiger partial charge is 0.347 e. The molecule has 0 radical (unpaired) electrons. The molecule has 4 rings (SSSR count). The Labute approximate surface area is 213 Å². The van der Waals surface area contributed by atoms with Crippen LogP contribution in [-0.4, -0.2) is 29.8 Å². The van der Waals surface area contributed by atoms with Crippen molar-refractivity contribution in [1.29, 1.82) is 0 Å². The van der Waals surface area contributed by atoms with E-state index in [4.69, 9.17) is 0 Å². The molecule has 0 aliphatic rings. The molecule has 0 aliphatic heterocycles. The SMILES string of the molecule is CCCc1nsc(C(=O)O)c1Cc1ccc(-c2ccccc2S(=O)(=O)NC(=O)c2ccccc2)cc1. The Bertz CT molecular complexity index is 1490. The molecule has 0 aliphatic carbocycles. The van der Waals surface area contributed by atoms with Crippen LogP contribution in [0.3, 0.4) is 0 Å². The Hall–Kier alpha value is -3.82. The highest BCUT2D eigenvalue weighted by Gasteiger charge is 2.23. The lowest BCUT2D eigenvalue weighted by molar-refractivity contribution is 0.0700. The zero-order chi connectivity index (χ0) is 25.7. The van der Waals surface area contributed by atoms with Crippen molar-refractivity contribution in [2.45, 2.75) is 31.1 Å². The highest BCUT2D eigenvalue weighted by Crippen LogP contribution is 2.29. The minimum Gasteiger partial charge on any atom is -0.477 e. The van der Waals surface area contributed by atoms with Gasteiger partial charge >= 0.3 is 5.97 Å². The molecule has 0 spiro atoms. The number of sulfonamides is 1. The van der Waals surface area contributed by atoms with Crippen molar-refractivity contribution in [3.05, 3.63) is 106 Å². The first-order valence-corrected chi connectivity index (χ1v) is 13.6. The van der Waals surface area contributed by atoms with Crippen molar-refractivity contribution in [3.63, 3.8) is 0 Å². The summed E-state index contributed by atoms with van der Waals surface area (Å²) in [5, 5.41) is 9.54. The maximum absolute atomic E-state index is 13.1. The number of carboxylic acids is 1. The molecule has 2 N–H and O–H groups in total. The van der Waals surface area contributed by atoms with Gasteiger partial charge in [0.05, 0.1) is 10.6 Å². The highest BCUT2D eigenvalue weighted by molar-refractivity contribution is 7.90. The number of hydrogen-bond acceptors (Lipinski definition) is 6. The predicted octanol–water partition coefficient (Wildman–Crippen LogP) is 5.17. The van der Waals surface area contributed by atoms with E-state index in [1.165, 1.54) is 6.07 Å². The lowest BCUT2D eigenvalue weighted by Gasteiger charge is -2.12. The standard InChI is InChI=1S/C27H24N2O5S2/c1-2-8-23-22(25(27(31)32)35-28-23)17-18-13-15-19(16-14-18)21-11-6-7-12-24(21)36(33,34)29-26(30)20-9-4-3-5-10-20/h3-7,9-16H,2,8,17H2,1H3,(H,29,30)(H,31,32). The number of aromatic carboxylic acids is 1. The number of nitrogens with one attached hydrogen (secondary N) is 1. The molecule has 4 aromatic rings. The molecule has 0 saturated carbocycles. The van der Waals surface area contributed by atoms with Crippen LogP contribution in [0.15, 0.2) is 83.8 Å². The molecule has 0 bridgehead atoms. The quantitative estimate of drug-likeness (QED) is 0.315. The molecule has 184 valence electrons. The molecule has 1 amide bonds. The van der Waals surface area contributed by atoms with Gasteiger partial charge in [-0.05, 0) is 47.3 Å². The van der Waals surface area contributed by atoms with Crippen molar-refractivity contribution in [1.82, 2.24) is 9.10 Å². The van der Waals surface area contributed by atoms with Gasteiger partial charge in [-0.25, -0.2) is 17.9 Å². The fourth-order valence-electron chi connectivity index (χ4n) is 3.90. The number of nitrogens with zero attached hydrogens (tertiary/aromatic N) is 1. The number of rotatable bonds is 9. The number of amides is 1. The highest BCUT2D eigenvalue weighted by atomic mass is 32.2. The first kappa shape index (κ1) is 25.3. The van der Waals surface area contributed by atoms with E-state index >= 15 is 0 Å². The third kappa shape index (κ3) is 5.53. The topological polar surface area (TPSA) is 113 Å². The van der Waals surface area contributed by atoms with Crippen molar-refractivity contribution in [2.24, 2.45) is 0 Å². The molecule has 1 aromatic heterocycles. The Kier molecular flexibility index (Phi) is 7.61. The van der Waals surface area contributed by atoms with E-state index in [1.54, 1.807) is 60.7 Å². The molecule has 0 fully saturated rings. The second kappa shape index (κ2) is 10.8. The van der Waals surface area contributed by atoms with Gasteiger partial charge < -0.3 is 5.11 Å². The molecule has 3 aromatic carbocycles. The zero-order valence-corrected chi connectivity index (χ0v) is 21.1. The third-order valence-corrected chi connectivity index (χ3v) is 7.94. The van der Waals surface area contributed by atoms with Gasteiger partial charge in [-0.3, -0.25) is 4.79 Å². The summed E-state index contributed by atoms with van der Waals surface area (Å²) in [6.07, 6.45) is 1.98. The molecule has 7 nitrogen and oxygen atoms in total. The van der Waals surface area contributed by atoms with Gasteiger partial charge in [0, 0.05) is 23.1 Å². The molecule has 0 atom stereocenters. The largest absolute Gasteiger partial charge is 0.477 e. The van der Waals surface area contributed by atoms with Crippen LogP contribution in [-0.2, 0) is 22.9 Å². The van der Waals surface area contributed by atoms with Gasteiger partial charge in [-0.15, -0.1) is 0 Å². The number of carboxylic acid groups (broad SMARTS) is 1. The maximum Gasteiger partial charge on any atom is 0.347 e. The second-order valence-electron chi connectivity index (χ2n) is 8.16. The first-order chi connectivity index (χ1) is 17.3. The van der Waals surface area contributed by atoms with Gasteiger partial charge in [0.1, 0.15) is 4.88 Å². The van der Waals surface area contributed by atoms with E-state index in [9.17, 15) is 23.1 Å². The molecular formula is C27H24N2O5S2. The summed E-state index contributed by atoms with van der Waals surface area (Å²) in [6, 6.07) is 21.9. The average Bonchev–Trinajstić information content (AvgIpc) is 3.27. The van der Waals surface area contributed by atoms with Crippen molar-refractivity contribution < 1.29 is 23.1 Å². The normalized spacial score (nSPS) is 11.2. The zero-order valence-electron chi connectivity index (χ0n) is 19.5. The van der Waals surface area contributed by atoms with Crippen molar-refractivity contribution in [3.8, 4) is 11.1 Å². The van der Waals surface area contributed by atoms with E-state index in [0.29, 0.717) is 29.5 Å². The van der Waals surface area contributed by atoms with Gasteiger partial charge in [0.2, 0.25) is 0 Å².